The van der Waals surface area contributed by atoms with Crippen molar-refractivity contribution >= 4 is 22.5 Å². The Bertz CT molecular complexity index is 855. The first-order valence-electron chi connectivity index (χ1n) is 7.06. The third-order valence-electron chi connectivity index (χ3n) is 3.45. The molecule has 22 heavy (non-hydrogen) atoms. The molecule has 2 aromatic heterocycles. The lowest BCUT2D eigenvalue weighted by atomic mass is 10.1. The van der Waals surface area contributed by atoms with E-state index in [0.717, 1.165) is 23.9 Å². The van der Waals surface area contributed by atoms with E-state index in [0.29, 0.717) is 16.9 Å². The van der Waals surface area contributed by atoms with Gasteiger partial charge in [-0.1, -0.05) is 6.92 Å². The summed E-state index contributed by atoms with van der Waals surface area (Å²) in [5.74, 6) is -0.285. The first-order chi connectivity index (χ1) is 10.7. The van der Waals surface area contributed by atoms with Crippen molar-refractivity contribution in [2.75, 3.05) is 5.32 Å². The lowest BCUT2D eigenvalue weighted by Crippen LogP contribution is -2.12. The van der Waals surface area contributed by atoms with Crippen LogP contribution in [0.25, 0.3) is 10.9 Å². The molecule has 6 nitrogen and oxygen atoms in total. The molecule has 3 aromatic rings. The SMILES string of the molecule is CCCn1cc(C#N)c2cc(NC(=O)c3c[nH]cn3)ccc21. The van der Waals surface area contributed by atoms with Crippen molar-refractivity contribution in [3.63, 3.8) is 0 Å². The van der Waals surface area contributed by atoms with E-state index in [4.69, 9.17) is 0 Å². The van der Waals surface area contributed by atoms with Crippen LogP contribution in [0.2, 0.25) is 0 Å². The fourth-order valence-electron chi connectivity index (χ4n) is 2.47. The standard InChI is InChI=1S/C16H15N5O/c1-2-5-21-9-11(7-17)13-6-12(3-4-15(13)21)20-16(22)14-8-18-10-19-14/h3-4,6,8-10H,2,5H2,1H3,(H,18,19)(H,20,22). The number of benzene rings is 1. The van der Waals surface area contributed by atoms with E-state index in [1.165, 1.54) is 12.5 Å². The topological polar surface area (TPSA) is 86.5 Å². The number of H-pyrrole nitrogens is 1. The van der Waals surface area contributed by atoms with Gasteiger partial charge in [-0.3, -0.25) is 4.79 Å². The van der Waals surface area contributed by atoms with E-state index in [1.807, 2.05) is 24.4 Å². The van der Waals surface area contributed by atoms with Crippen LogP contribution in [0.5, 0.6) is 0 Å². The van der Waals surface area contributed by atoms with Gasteiger partial charge in [-0.15, -0.1) is 0 Å². The molecule has 0 aliphatic heterocycles. The van der Waals surface area contributed by atoms with Gasteiger partial charge >= 0.3 is 0 Å². The van der Waals surface area contributed by atoms with Crippen molar-refractivity contribution in [2.45, 2.75) is 19.9 Å². The summed E-state index contributed by atoms with van der Waals surface area (Å²) in [6.45, 7) is 2.95. The Morgan fingerprint density at radius 1 is 1.50 bits per heavy atom. The third kappa shape index (κ3) is 2.44. The Balaban J connectivity index is 1.96. The zero-order valence-electron chi connectivity index (χ0n) is 12.1. The molecule has 0 aliphatic carbocycles. The first kappa shape index (κ1) is 13.9. The predicted octanol–water partition coefficient (Wildman–Crippen LogP) is 2.90. The van der Waals surface area contributed by atoms with E-state index >= 15 is 0 Å². The van der Waals surface area contributed by atoms with Gasteiger partial charge in [0.25, 0.3) is 5.91 Å². The van der Waals surface area contributed by atoms with Crippen LogP contribution in [0.3, 0.4) is 0 Å². The minimum Gasteiger partial charge on any atom is -0.350 e. The lowest BCUT2D eigenvalue weighted by Gasteiger charge is -2.05. The molecule has 1 aromatic carbocycles. The van der Waals surface area contributed by atoms with Crippen molar-refractivity contribution in [3.05, 3.63) is 48.2 Å². The molecule has 1 amide bonds. The highest BCUT2D eigenvalue weighted by atomic mass is 16.1. The molecule has 0 unspecified atom stereocenters. The highest BCUT2D eigenvalue weighted by Crippen LogP contribution is 2.25. The largest absolute Gasteiger partial charge is 0.350 e. The van der Waals surface area contributed by atoms with Gasteiger partial charge < -0.3 is 14.9 Å². The van der Waals surface area contributed by atoms with Crippen LogP contribution in [0.4, 0.5) is 5.69 Å². The summed E-state index contributed by atoms with van der Waals surface area (Å²) < 4.78 is 2.06. The second-order valence-corrected chi connectivity index (χ2v) is 4.99. The third-order valence-corrected chi connectivity index (χ3v) is 3.45. The monoisotopic (exact) mass is 293 g/mol. The second-order valence-electron chi connectivity index (χ2n) is 4.99. The van der Waals surface area contributed by atoms with Gasteiger partial charge in [0.1, 0.15) is 11.8 Å². The van der Waals surface area contributed by atoms with Gasteiger partial charge in [-0.05, 0) is 24.6 Å². The zero-order chi connectivity index (χ0) is 15.5. The molecular weight excluding hydrogens is 278 g/mol. The van der Waals surface area contributed by atoms with Crippen LogP contribution in [0.15, 0.2) is 36.9 Å². The number of hydrogen-bond acceptors (Lipinski definition) is 3. The van der Waals surface area contributed by atoms with Crippen LogP contribution >= 0.6 is 0 Å². The number of imidazole rings is 1. The quantitative estimate of drug-likeness (QED) is 0.775. The van der Waals surface area contributed by atoms with Gasteiger partial charge in [0, 0.05) is 35.5 Å². The van der Waals surface area contributed by atoms with Gasteiger partial charge in [0.05, 0.1) is 11.9 Å². The Morgan fingerprint density at radius 2 is 2.36 bits per heavy atom. The van der Waals surface area contributed by atoms with Crippen LogP contribution in [-0.2, 0) is 6.54 Å². The molecule has 0 saturated carbocycles. The Morgan fingerprint density at radius 3 is 3.05 bits per heavy atom. The zero-order valence-corrected chi connectivity index (χ0v) is 12.1. The highest BCUT2D eigenvalue weighted by Gasteiger charge is 2.11. The first-order valence-corrected chi connectivity index (χ1v) is 7.06. The maximum absolute atomic E-state index is 12.0. The van der Waals surface area contributed by atoms with Crippen LogP contribution in [0.1, 0.15) is 29.4 Å². The average Bonchev–Trinajstić information content (AvgIpc) is 3.16. The number of aromatic amines is 1. The van der Waals surface area contributed by atoms with Crippen molar-refractivity contribution in [1.29, 1.82) is 5.26 Å². The van der Waals surface area contributed by atoms with E-state index < -0.39 is 0 Å². The minimum absolute atomic E-state index is 0.285. The molecule has 2 N–H and O–H groups in total. The number of nitrogens with one attached hydrogen (secondary N) is 2. The van der Waals surface area contributed by atoms with Crippen molar-refractivity contribution in [2.24, 2.45) is 0 Å². The molecule has 0 atom stereocenters. The molecule has 0 fully saturated rings. The molecule has 2 heterocycles. The number of nitriles is 1. The molecule has 0 bridgehead atoms. The fraction of sp³-hybridized carbons (Fsp3) is 0.188. The van der Waals surface area contributed by atoms with Crippen LogP contribution in [0, 0.1) is 11.3 Å². The Kier molecular flexibility index (Phi) is 3.62. The molecule has 110 valence electrons. The summed E-state index contributed by atoms with van der Waals surface area (Å²) in [6.07, 6.45) is 5.84. The number of carbonyl (C=O) groups excluding carboxylic acids is 1. The Hall–Kier alpha value is -3.07. The summed E-state index contributed by atoms with van der Waals surface area (Å²) in [5.41, 5.74) is 2.57. The van der Waals surface area contributed by atoms with Crippen molar-refractivity contribution < 1.29 is 4.79 Å². The molecular formula is C16H15N5O. The number of nitrogens with zero attached hydrogens (tertiary/aromatic N) is 3. The Labute approximate surface area is 127 Å². The smallest absolute Gasteiger partial charge is 0.275 e. The van der Waals surface area contributed by atoms with Crippen LogP contribution < -0.4 is 5.32 Å². The minimum atomic E-state index is -0.285. The maximum atomic E-state index is 12.0. The summed E-state index contributed by atoms with van der Waals surface area (Å²) in [7, 11) is 0. The molecule has 6 heteroatoms. The molecule has 0 spiro atoms. The number of hydrogen-bond donors (Lipinski definition) is 2. The number of amides is 1. The number of fused-ring (bicyclic) bond motifs is 1. The molecule has 3 rings (SSSR count). The number of rotatable bonds is 4. The summed E-state index contributed by atoms with van der Waals surface area (Å²) in [5, 5.41) is 12.9. The summed E-state index contributed by atoms with van der Waals surface area (Å²) >= 11 is 0. The van der Waals surface area contributed by atoms with Crippen molar-refractivity contribution in [3.8, 4) is 6.07 Å². The lowest BCUT2D eigenvalue weighted by molar-refractivity contribution is 0.102. The molecule has 0 saturated heterocycles. The van der Waals surface area contributed by atoms with Gasteiger partial charge in [-0.25, -0.2) is 4.98 Å². The fourth-order valence-corrected chi connectivity index (χ4v) is 2.47. The van der Waals surface area contributed by atoms with E-state index in [1.54, 1.807) is 0 Å². The molecule has 0 radical (unpaired) electrons. The second kappa shape index (κ2) is 5.74. The van der Waals surface area contributed by atoms with E-state index in [-0.39, 0.29) is 5.91 Å². The number of carbonyl (C=O) groups is 1. The normalized spacial score (nSPS) is 10.5. The van der Waals surface area contributed by atoms with Gasteiger partial charge in [0.15, 0.2) is 0 Å². The summed E-state index contributed by atoms with van der Waals surface area (Å²) in [4.78, 5) is 18.7. The predicted molar refractivity (Wildman–Crippen MR) is 83.5 cm³/mol. The van der Waals surface area contributed by atoms with Crippen LogP contribution in [-0.4, -0.2) is 20.4 Å². The summed E-state index contributed by atoms with van der Waals surface area (Å²) in [6, 6.07) is 7.79. The average molecular weight is 293 g/mol. The maximum Gasteiger partial charge on any atom is 0.275 e. The number of anilines is 1. The van der Waals surface area contributed by atoms with Gasteiger partial charge in [0.2, 0.25) is 0 Å². The highest BCUT2D eigenvalue weighted by molar-refractivity contribution is 6.04. The van der Waals surface area contributed by atoms with Gasteiger partial charge in [-0.2, -0.15) is 5.26 Å². The number of aryl methyl sites for hydroxylation is 1. The van der Waals surface area contributed by atoms with E-state index in [2.05, 4.69) is 32.8 Å². The number of aromatic nitrogens is 3. The molecule has 0 aliphatic rings. The van der Waals surface area contributed by atoms with E-state index in [9.17, 15) is 10.1 Å². The van der Waals surface area contributed by atoms with Crippen molar-refractivity contribution in [1.82, 2.24) is 14.5 Å².